The second-order valence-corrected chi connectivity index (χ2v) is 5.60. The summed E-state index contributed by atoms with van der Waals surface area (Å²) >= 11 is 0. The zero-order valence-electron chi connectivity index (χ0n) is 13.7. The highest BCUT2D eigenvalue weighted by Gasteiger charge is 2.09. The molecule has 1 heterocycles. The van der Waals surface area contributed by atoms with Crippen LogP contribution in [0.15, 0.2) is 36.4 Å². The second kappa shape index (κ2) is 8.12. The fourth-order valence-electron chi connectivity index (χ4n) is 1.91. The molecule has 6 heteroatoms. The maximum absolute atomic E-state index is 12.1. The van der Waals surface area contributed by atoms with Gasteiger partial charge in [0.2, 0.25) is 0 Å². The summed E-state index contributed by atoms with van der Waals surface area (Å²) in [4.78, 5) is 12.1. The number of methoxy groups -OCH3 is 1. The van der Waals surface area contributed by atoms with Gasteiger partial charge in [0.1, 0.15) is 11.6 Å². The van der Waals surface area contributed by atoms with Gasteiger partial charge in [-0.2, -0.15) is 0 Å². The predicted octanol–water partition coefficient (Wildman–Crippen LogP) is 3.20. The van der Waals surface area contributed by atoms with Crippen LogP contribution < -0.4 is 15.4 Å². The normalized spacial score (nSPS) is 10.4. The molecule has 0 fully saturated rings. The van der Waals surface area contributed by atoms with Crippen LogP contribution in [0.3, 0.4) is 0 Å². The number of nitrogens with one attached hydrogen (secondary N) is 2. The number of hydrogen-bond donors (Lipinski definition) is 2. The zero-order chi connectivity index (χ0) is 16.7. The van der Waals surface area contributed by atoms with E-state index in [2.05, 4.69) is 34.7 Å². The van der Waals surface area contributed by atoms with Gasteiger partial charge in [0.05, 0.1) is 7.11 Å². The standard InChI is InChI=1S/C17H22N4O2/c1-12(2)10-11-18-16-9-8-15(20-21-16)17(22)19-13-4-6-14(23-3)7-5-13/h4-9,12H,10-11H2,1-3H3,(H,18,21)(H,19,22). The molecule has 122 valence electrons. The average Bonchev–Trinajstić information content (AvgIpc) is 2.56. The van der Waals surface area contributed by atoms with Gasteiger partial charge in [-0.1, -0.05) is 13.8 Å². The van der Waals surface area contributed by atoms with E-state index in [0.29, 0.717) is 17.4 Å². The maximum Gasteiger partial charge on any atom is 0.276 e. The van der Waals surface area contributed by atoms with Crippen LogP contribution in [0.5, 0.6) is 5.75 Å². The van der Waals surface area contributed by atoms with Crippen LogP contribution in [-0.2, 0) is 0 Å². The third-order valence-electron chi connectivity index (χ3n) is 3.27. The van der Waals surface area contributed by atoms with E-state index in [0.717, 1.165) is 18.7 Å². The van der Waals surface area contributed by atoms with E-state index in [9.17, 15) is 4.79 Å². The van der Waals surface area contributed by atoms with E-state index in [4.69, 9.17) is 4.74 Å². The highest BCUT2D eigenvalue weighted by Crippen LogP contribution is 2.15. The topological polar surface area (TPSA) is 76.1 Å². The van der Waals surface area contributed by atoms with Gasteiger partial charge in [0, 0.05) is 12.2 Å². The van der Waals surface area contributed by atoms with Crippen molar-refractivity contribution in [3.05, 3.63) is 42.1 Å². The lowest BCUT2D eigenvalue weighted by Gasteiger charge is -2.08. The van der Waals surface area contributed by atoms with Crippen molar-refractivity contribution in [2.24, 2.45) is 5.92 Å². The van der Waals surface area contributed by atoms with Crippen LogP contribution >= 0.6 is 0 Å². The summed E-state index contributed by atoms with van der Waals surface area (Å²) in [5.74, 6) is 1.74. The van der Waals surface area contributed by atoms with Gasteiger partial charge in [-0.25, -0.2) is 0 Å². The molecule has 23 heavy (non-hydrogen) atoms. The average molecular weight is 314 g/mol. The van der Waals surface area contributed by atoms with Gasteiger partial charge >= 0.3 is 0 Å². The molecule has 0 aliphatic heterocycles. The molecule has 2 aromatic rings. The van der Waals surface area contributed by atoms with Crippen molar-refractivity contribution >= 4 is 17.4 Å². The molecule has 0 spiro atoms. The van der Waals surface area contributed by atoms with Crippen molar-refractivity contribution in [1.82, 2.24) is 10.2 Å². The van der Waals surface area contributed by atoms with E-state index < -0.39 is 0 Å². The quantitative estimate of drug-likeness (QED) is 0.821. The molecule has 2 N–H and O–H groups in total. The third-order valence-corrected chi connectivity index (χ3v) is 3.27. The molecule has 0 bridgehead atoms. The highest BCUT2D eigenvalue weighted by atomic mass is 16.5. The Morgan fingerprint density at radius 2 is 1.87 bits per heavy atom. The lowest BCUT2D eigenvalue weighted by Crippen LogP contribution is -2.15. The molecule has 1 aromatic heterocycles. The number of aromatic nitrogens is 2. The summed E-state index contributed by atoms with van der Waals surface area (Å²) in [6.07, 6.45) is 1.06. The number of rotatable bonds is 7. The van der Waals surface area contributed by atoms with Gasteiger partial charge < -0.3 is 15.4 Å². The van der Waals surface area contributed by atoms with E-state index >= 15 is 0 Å². The maximum atomic E-state index is 12.1. The van der Waals surface area contributed by atoms with Gasteiger partial charge in [-0.05, 0) is 48.7 Å². The Labute approximate surface area is 136 Å². The van der Waals surface area contributed by atoms with Crippen molar-refractivity contribution < 1.29 is 9.53 Å². The van der Waals surface area contributed by atoms with Gasteiger partial charge in [-0.15, -0.1) is 10.2 Å². The molecule has 0 radical (unpaired) electrons. The van der Waals surface area contributed by atoms with Gasteiger partial charge in [0.15, 0.2) is 5.69 Å². The summed E-state index contributed by atoms with van der Waals surface area (Å²) in [6.45, 7) is 5.17. The van der Waals surface area contributed by atoms with Gasteiger partial charge in [-0.3, -0.25) is 4.79 Å². The number of nitrogens with zero attached hydrogens (tertiary/aromatic N) is 2. The number of carbonyl (C=O) groups is 1. The first-order valence-electron chi connectivity index (χ1n) is 7.61. The molecule has 0 aliphatic rings. The molecular weight excluding hydrogens is 292 g/mol. The fourth-order valence-corrected chi connectivity index (χ4v) is 1.91. The van der Waals surface area contributed by atoms with Crippen LogP contribution in [0.25, 0.3) is 0 Å². The molecule has 6 nitrogen and oxygen atoms in total. The summed E-state index contributed by atoms with van der Waals surface area (Å²) < 4.78 is 5.08. The summed E-state index contributed by atoms with van der Waals surface area (Å²) in [5, 5.41) is 13.9. The Morgan fingerprint density at radius 3 is 2.43 bits per heavy atom. The SMILES string of the molecule is COc1ccc(NC(=O)c2ccc(NCCC(C)C)nn2)cc1. The predicted molar refractivity (Wildman–Crippen MR) is 90.9 cm³/mol. The Hall–Kier alpha value is -2.63. The molecule has 0 aliphatic carbocycles. The Morgan fingerprint density at radius 1 is 1.13 bits per heavy atom. The fraction of sp³-hybridized carbons (Fsp3) is 0.353. The van der Waals surface area contributed by atoms with E-state index in [1.807, 2.05) is 0 Å². The molecular formula is C17H22N4O2. The second-order valence-electron chi connectivity index (χ2n) is 5.60. The minimum atomic E-state index is -0.295. The lowest BCUT2D eigenvalue weighted by molar-refractivity contribution is 0.102. The summed E-state index contributed by atoms with van der Waals surface area (Å²) in [7, 11) is 1.60. The van der Waals surface area contributed by atoms with Crippen molar-refractivity contribution in [1.29, 1.82) is 0 Å². The van der Waals surface area contributed by atoms with Gasteiger partial charge in [0.25, 0.3) is 5.91 Å². The van der Waals surface area contributed by atoms with Crippen LogP contribution in [0.1, 0.15) is 30.8 Å². The van der Waals surface area contributed by atoms with E-state index in [1.165, 1.54) is 0 Å². The Bertz CT molecular complexity index is 624. The minimum Gasteiger partial charge on any atom is -0.497 e. The largest absolute Gasteiger partial charge is 0.497 e. The number of hydrogen-bond acceptors (Lipinski definition) is 5. The third kappa shape index (κ3) is 5.25. The Kier molecular flexibility index (Phi) is 5.91. The van der Waals surface area contributed by atoms with Crippen LogP contribution in [0.2, 0.25) is 0 Å². The number of benzene rings is 1. The minimum absolute atomic E-state index is 0.273. The summed E-state index contributed by atoms with van der Waals surface area (Å²) in [5.41, 5.74) is 0.951. The van der Waals surface area contributed by atoms with E-state index in [1.54, 1.807) is 43.5 Å². The lowest BCUT2D eigenvalue weighted by atomic mass is 10.1. The number of amides is 1. The molecule has 0 unspecified atom stereocenters. The molecule has 0 saturated carbocycles. The van der Waals surface area contributed by atoms with Crippen molar-refractivity contribution in [3.63, 3.8) is 0 Å². The van der Waals surface area contributed by atoms with Crippen LogP contribution in [-0.4, -0.2) is 29.8 Å². The zero-order valence-corrected chi connectivity index (χ0v) is 13.7. The summed E-state index contributed by atoms with van der Waals surface area (Å²) in [6, 6.07) is 10.5. The number of anilines is 2. The molecule has 2 rings (SSSR count). The van der Waals surface area contributed by atoms with Crippen molar-refractivity contribution in [2.75, 3.05) is 24.3 Å². The monoisotopic (exact) mass is 314 g/mol. The highest BCUT2D eigenvalue weighted by molar-refractivity contribution is 6.02. The van der Waals surface area contributed by atoms with Crippen molar-refractivity contribution in [2.45, 2.75) is 20.3 Å². The smallest absolute Gasteiger partial charge is 0.276 e. The Balaban J connectivity index is 1.91. The first-order chi connectivity index (χ1) is 11.1. The van der Waals surface area contributed by atoms with Crippen LogP contribution in [0.4, 0.5) is 11.5 Å². The molecule has 0 atom stereocenters. The number of ether oxygens (including phenoxy) is 1. The molecule has 0 saturated heterocycles. The number of carbonyl (C=O) groups excluding carboxylic acids is 1. The molecule has 1 amide bonds. The van der Waals surface area contributed by atoms with Crippen molar-refractivity contribution in [3.8, 4) is 5.75 Å². The van der Waals surface area contributed by atoms with Crippen LogP contribution in [0, 0.1) is 5.92 Å². The van der Waals surface area contributed by atoms with E-state index in [-0.39, 0.29) is 11.6 Å². The molecule has 1 aromatic carbocycles. The first-order valence-corrected chi connectivity index (χ1v) is 7.61. The first kappa shape index (κ1) is 16.7.